The van der Waals surface area contributed by atoms with E-state index in [1.165, 1.54) is 10.7 Å². The highest BCUT2D eigenvalue weighted by Crippen LogP contribution is 2.42. The zero-order valence-corrected chi connectivity index (χ0v) is 28.3. The number of amides is 1. The second-order valence-corrected chi connectivity index (χ2v) is 14.1. The second-order valence-electron chi connectivity index (χ2n) is 10.6. The maximum Gasteiger partial charge on any atom is 0.414 e. The first-order chi connectivity index (χ1) is 22.4. The lowest BCUT2D eigenvalue weighted by Crippen LogP contribution is -2.36. The minimum Gasteiger partial charge on any atom is -0.490 e. The van der Waals surface area contributed by atoms with Crippen LogP contribution in [0.25, 0.3) is 11.1 Å². The Morgan fingerprint density at radius 2 is 1.89 bits per heavy atom. The quantitative estimate of drug-likeness (QED) is 0.0908. The van der Waals surface area contributed by atoms with Crippen molar-refractivity contribution in [3.63, 3.8) is 0 Å². The molecule has 0 radical (unpaired) electrons. The third-order valence-electron chi connectivity index (χ3n) is 7.38. The molecule has 47 heavy (non-hydrogen) atoms. The van der Waals surface area contributed by atoms with Crippen molar-refractivity contribution < 1.29 is 36.4 Å². The van der Waals surface area contributed by atoms with Crippen LogP contribution in [0.15, 0.2) is 65.8 Å². The van der Waals surface area contributed by atoms with Crippen LogP contribution < -0.4 is 9.64 Å². The zero-order valence-electron chi connectivity index (χ0n) is 25.1. The highest BCUT2D eigenvalue weighted by Gasteiger charge is 2.27. The molecular formula is C32H30Cl2FN3O7S2. The number of anilines is 1. The summed E-state index contributed by atoms with van der Waals surface area (Å²) < 4.78 is 58.5. The maximum absolute atomic E-state index is 15.1. The first kappa shape index (κ1) is 34.7. The zero-order chi connectivity index (χ0) is 33.7. The van der Waals surface area contributed by atoms with E-state index in [9.17, 15) is 18.0 Å². The van der Waals surface area contributed by atoms with Crippen LogP contribution in [0.4, 0.5) is 14.9 Å². The molecule has 1 amide bonds. The van der Waals surface area contributed by atoms with Crippen LogP contribution in [0.1, 0.15) is 34.3 Å². The van der Waals surface area contributed by atoms with Gasteiger partial charge in [0.25, 0.3) is 10.1 Å². The van der Waals surface area contributed by atoms with Gasteiger partial charge in [0.1, 0.15) is 24.8 Å². The number of rotatable bonds is 12. The van der Waals surface area contributed by atoms with Crippen molar-refractivity contribution in [2.75, 3.05) is 36.2 Å². The number of thioether (sulfide) groups is 1. The number of ketones is 1. The molecule has 3 aromatic carbocycles. The van der Waals surface area contributed by atoms with Crippen molar-refractivity contribution >= 4 is 62.6 Å². The molecule has 0 saturated carbocycles. The smallest absolute Gasteiger partial charge is 0.414 e. The lowest BCUT2D eigenvalue weighted by molar-refractivity contribution is 0.0981. The van der Waals surface area contributed by atoms with Crippen molar-refractivity contribution in [3.05, 3.63) is 93.5 Å². The predicted molar refractivity (Wildman–Crippen MR) is 179 cm³/mol. The summed E-state index contributed by atoms with van der Waals surface area (Å²) in [5, 5.41) is 5.01. The van der Waals surface area contributed by atoms with Crippen molar-refractivity contribution in [1.29, 1.82) is 0 Å². The first-order valence-corrected chi connectivity index (χ1v) is 17.8. The van der Waals surface area contributed by atoms with Crippen molar-refractivity contribution in [2.24, 2.45) is 0 Å². The van der Waals surface area contributed by atoms with Gasteiger partial charge in [-0.2, -0.15) is 13.5 Å². The Hall–Kier alpha value is -3.62. The van der Waals surface area contributed by atoms with E-state index in [0.717, 1.165) is 27.7 Å². The average Bonchev–Trinajstić information content (AvgIpc) is 3.50. The molecule has 0 atom stereocenters. The van der Waals surface area contributed by atoms with Gasteiger partial charge in [-0.15, -0.1) is 11.8 Å². The van der Waals surface area contributed by atoms with Gasteiger partial charge in [0.2, 0.25) is 0 Å². The number of aromatic nitrogens is 2. The highest BCUT2D eigenvalue weighted by molar-refractivity contribution is 7.99. The summed E-state index contributed by atoms with van der Waals surface area (Å²) in [6.45, 7) is 2.52. The first-order valence-electron chi connectivity index (χ1n) is 14.5. The fourth-order valence-electron chi connectivity index (χ4n) is 4.99. The van der Waals surface area contributed by atoms with Crippen LogP contribution in [0.2, 0.25) is 10.0 Å². The predicted octanol–water partition coefficient (Wildman–Crippen LogP) is 7.33. The average molecular weight is 723 g/mol. The summed E-state index contributed by atoms with van der Waals surface area (Å²) in [6, 6.07) is 13.4. The van der Waals surface area contributed by atoms with Gasteiger partial charge >= 0.3 is 6.09 Å². The number of Topliss-reactive ketones (excluding diaryl/α,β-unsaturated/α-hetero) is 1. The van der Waals surface area contributed by atoms with E-state index >= 15 is 4.39 Å². The van der Waals surface area contributed by atoms with Crippen molar-refractivity contribution in [2.45, 2.75) is 31.2 Å². The monoisotopic (exact) mass is 721 g/mol. The standard InChI is InChI=1S/C32H30Cl2FN3O7S2/c1-20-25(33)6-3-9-30(20)44-11-12-45-32(40)38-10-13-46-31-23(5-2-7-28(31)38)22-17-36-37(18-22)19-24-26(34)15-21(16-27(24)35)29(39)8-4-14-47(41,42)43/h2-3,5-7,9,15-18H,4,8,10-14,19H2,1H3,(H,41,42,43). The molecule has 0 spiro atoms. The number of carbonyl (C=O) groups excluding carboxylic acids is 2. The Balaban J connectivity index is 1.24. The summed E-state index contributed by atoms with van der Waals surface area (Å²) >= 11 is 14.1. The summed E-state index contributed by atoms with van der Waals surface area (Å²) in [5.74, 6) is -0.495. The second kappa shape index (κ2) is 15.1. The summed E-state index contributed by atoms with van der Waals surface area (Å²) in [4.78, 5) is 28.0. The van der Waals surface area contributed by atoms with Crippen LogP contribution in [-0.2, 0) is 21.4 Å². The van der Waals surface area contributed by atoms with Crippen molar-refractivity contribution in [3.8, 4) is 16.9 Å². The number of hydrogen-bond acceptors (Lipinski definition) is 8. The number of ether oxygens (including phenoxy) is 2. The molecule has 4 aromatic rings. The highest BCUT2D eigenvalue weighted by atomic mass is 35.5. The molecule has 15 heteroatoms. The molecule has 2 heterocycles. The minimum atomic E-state index is -4.20. The van der Waals surface area contributed by atoms with Gasteiger partial charge in [-0.1, -0.05) is 41.4 Å². The topological polar surface area (TPSA) is 128 Å². The number of carbonyl (C=O) groups is 2. The van der Waals surface area contributed by atoms with Gasteiger partial charge in [-0.3, -0.25) is 18.9 Å². The van der Waals surface area contributed by atoms with Gasteiger partial charge in [0.05, 0.1) is 24.2 Å². The normalized spacial score (nSPS) is 12.9. The van der Waals surface area contributed by atoms with Gasteiger partial charge in [0, 0.05) is 67.7 Å². The van der Waals surface area contributed by atoms with E-state index in [1.807, 2.05) is 25.1 Å². The molecule has 10 nitrogen and oxygen atoms in total. The third-order valence-corrected chi connectivity index (χ3v) is 10.0. The molecule has 1 N–H and O–H groups in total. The Morgan fingerprint density at radius 3 is 2.66 bits per heavy atom. The van der Waals surface area contributed by atoms with Crippen LogP contribution >= 0.6 is 35.0 Å². The Morgan fingerprint density at radius 1 is 1.11 bits per heavy atom. The van der Waals surface area contributed by atoms with Crippen LogP contribution in [0.5, 0.6) is 5.75 Å². The summed E-state index contributed by atoms with van der Waals surface area (Å²) in [6.07, 6.45) is 2.60. The van der Waals surface area contributed by atoms with E-state index in [2.05, 4.69) is 5.10 Å². The van der Waals surface area contributed by atoms with E-state index < -0.39 is 33.6 Å². The lowest BCUT2D eigenvalue weighted by atomic mass is 10.0. The lowest BCUT2D eigenvalue weighted by Gasteiger charge is -2.29. The molecule has 0 bridgehead atoms. The molecule has 1 aliphatic heterocycles. The van der Waals surface area contributed by atoms with E-state index in [-0.39, 0.29) is 48.7 Å². The minimum absolute atomic E-state index is 0.00694. The molecule has 1 aromatic heterocycles. The molecule has 0 unspecified atom stereocenters. The number of nitrogens with zero attached hydrogens (tertiary/aromatic N) is 3. The summed E-state index contributed by atoms with van der Waals surface area (Å²) in [7, 11) is -4.20. The molecule has 248 valence electrons. The number of benzene rings is 3. The molecule has 0 aliphatic carbocycles. The fourth-order valence-corrected chi connectivity index (χ4v) is 7.08. The van der Waals surface area contributed by atoms with E-state index in [1.54, 1.807) is 47.3 Å². The number of fused-ring (bicyclic) bond motifs is 1. The van der Waals surface area contributed by atoms with Gasteiger partial charge in [0.15, 0.2) is 5.78 Å². The molecule has 0 fully saturated rings. The molecule has 0 saturated heterocycles. The number of halogens is 3. The van der Waals surface area contributed by atoms with Crippen LogP contribution in [0, 0.1) is 12.7 Å². The van der Waals surface area contributed by atoms with Crippen LogP contribution in [-0.4, -0.2) is 65.9 Å². The molecular weight excluding hydrogens is 692 g/mol. The van der Waals surface area contributed by atoms with Gasteiger partial charge < -0.3 is 9.47 Å². The van der Waals surface area contributed by atoms with E-state index in [4.69, 9.17) is 37.2 Å². The Bertz CT molecular complexity index is 1900. The molecule has 1 aliphatic rings. The number of hydrogen-bond donors (Lipinski definition) is 1. The SMILES string of the molecule is Cc1c(Cl)cccc1OCCOC(=O)N1CCSc2c(-c3cnn(Cc4c(F)cc(C(=O)CCCS(=O)(=O)O)cc4Cl)c3)cccc21. The van der Waals surface area contributed by atoms with Crippen molar-refractivity contribution in [1.82, 2.24) is 9.78 Å². The summed E-state index contributed by atoms with van der Waals surface area (Å²) in [5.41, 5.74) is 3.24. The maximum atomic E-state index is 15.1. The van der Waals surface area contributed by atoms with E-state index in [0.29, 0.717) is 28.8 Å². The molecule has 5 rings (SSSR count). The third kappa shape index (κ3) is 8.65. The van der Waals surface area contributed by atoms with Gasteiger partial charge in [-0.25, -0.2) is 9.18 Å². The van der Waals surface area contributed by atoms with Crippen LogP contribution in [0.3, 0.4) is 0 Å². The Labute approximate surface area is 285 Å². The fraction of sp³-hybridized carbons (Fsp3) is 0.281. The Kier molecular flexibility index (Phi) is 11.1. The largest absolute Gasteiger partial charge is 0.490 e. The van der Waals surface area contributed by atoms with Gasteiger partial charge in [-0.05, 0) is 43.7 Å².